The van der Waals surface area contributed by atoms with E-state index in [-0.39, 0.29) is 5.91 Å². The summed E-state index contributed by atoms with van der Waals surface area (Å²) in [5.41, 5.74) is 7.31. The number of hydrogen-bond acceptors (Lipinski definition) is 2. The number of unbranched alkanes of at least 4 members (excludes halogenated alkanes) is 2. The number of carbonyl (C=O) groups is 1. The number of hydrogen-bond donors (Lipinski definition) is 1. The number of fused-ring (bicyclic) bond motifs is 3. The molecule has 2 unspecified atom stereocenters. The lowest BCUT2D eigenvalue weighted by atomic mass is 9.61. The van der Waals surface area contributed by atoms with Crippen molar-refractivity contribution in [2.75, 3.05) is 12.4 Å². The highest BCUT2D eigenvalue weighted by atomic mass is 35.5. The summed E-state index contributed by atoms with van der Waals surface area (Å²) in [6.07, 6.45) is 10.1. The van der Waals surface area contributed by atoms with Crippen molar-refractivity contribution in [1.82, 2.24) is 15.1 Å². The van der Waals surface area contributed by atoms with Gasteiger partial charge in [0.25, 0.3) is 5.91 Å². The summed E-state index contributed by atoms with van der Waals surface area (Å²) in [6.45, 7) is 10.7. The Morgan fingerprint density at radius 2 is 2.09 bits per heavy atom. The van der Waals surface area contributed by atoms with E-state index >= 15 is 0 Å². The number of aromatic nitrogens is 2. The molecule has 0 aliphatic heterocycles. The highest BCUT2D eigenvalue weighted by Gasteiger charge is 2.37. The standard InChI is InChI=1S/C29H42ClN3O/c1-20-9-12-24-22(18-20)10-13-25-26(32-33(27(24)25)17-7-5-6-16-30)28(34)31-19-21(2)8-11-23-14-15-29(23,3)4/h9,12,18,21,23H,5-8,10-11,13-17,19H2,1-4H3,(H,31,34). The van der Waals surface area contributed by atoms with Crippen molar-refractivity contribution in [2.24, 2.45) is 17.3 Å². The van der Waals surface area contributed by atoms with E-state index in [0.29, 0.717) is 22.9 Å². The summed E-state index contributed by atoms with van der Waals surface area (Å²) >= 11 is 5.88. The molecule has 0 radical (unpaired) electrons. The van der Waals surface area contributed by atoms with E-state index in [0.717, 1.165) is 62.4 Å². The second-order valence-corrected chi connectivity index (χ2v) is 11.8. The Bertz CT molecular complexity index is 1010. The van der Waals surface area contributed by atoms with E-state index in [1.807, 2.05) is 0 Å². The summed E-state index contributed by atoms with van der Waals surface area (Å²) in [6, 6.07) is 6.67. The zero-order valence-corrected chi connectivity index (χ0v) is 22.3. The molecular formula is C29H42ClN3O. The van der Waals surface area contributed by atoms with Gasteiger partial charge in [-0.25, -0.2) is 0 Å². The average Bonchev–Trinajstić information content (AvgIpc) is 3.18. The van der Waals surface area contributed by atoms with Crippen LogP contribution in [0, 0.1) is 24.2 Å². The maximum absolute atomic E-state index is 13.3. The Balaban J connectivity index is 1.45. The summed E-state index contributed by atoms with van der Waals surface area (Å²) < 4.78 is 2.09. The smallest absolute Gasteiger partial charge is 0.272 e. The third kappa shape index (κ3) is 5.53. The predicted octanol–water partition coefficient (Wildman–Crippen LogP) is 6.95. The fourth-order valence-corrected chi connectivity index (χ4v) is 5.92. The molecule has 186 valence electrons. The van der Waals surface area contributed by atoms with E-state index in [2.05, 4.69) is 55.9 Å². The summed E-state index contributed by atoms with van der Waals surface area (Å²) in [5.74, 6) is 2.01. The van der Waals surface area contributed by atoms with Gasteiger partial charge in [0.05, 0.1) is 5.69 Å². The largest absolute Gasteiger partial charge is 0.350 e. The number of nitrogens with zero attached hydrogens (tertiary/aromatic N) is 2. The number of benzene rings is 1. The number of aryl methyl sites for hydroxylation is 3. The van der Waals surface area contributed by atoms with Gasteiger partial charge in [0.2, 0.25) is 0 Å². The Kier molecular flexibility index (Phi) is 8.07. The van der Waals surface area contributed by atoms with Gasteiger partial charge in [0, 0.05) is 30.1 Å². The molecule has 2 aromatic rings. The van der Waals surface area contributed by atoms with Gasteiger partial charge < -0.3 is 5.32 Å². The first-order valence-corrected chi connectivity index (χ1v) is 13.9. The van der Waals surface area contributed by atoms with Gasteiger partial charge in [0.15, 0.2) is 5.69 Å². The van der Waals surface area contributed by atoms with E-state index < -0.39 is 0 Å². The van der Waals surface area contributed by atoms with Gasteiger partial charge in [-0.05, 0) is 81.1 Å². The molecule has 1 saturated carbocycles. The number of amides is 1. The fourth-order valence-electron chi connectivity index (χ4n) is 5.73. The zero-order chi connectivity index (χ0) is 24.3. The fraction of sp³-hybridized carbons (Fsp3) is 0.655. The molecule has 5 heteroatoms. The van der Waals surface area contributed by atoms with E-state index in [1.165, 1.54) is 42.4 Å². The van der Waals surface area contributed by atoms with Gasteiger partial charge >= 0.3 is 0 Å². The first-order chi connectivity index (χ1) is 16.3. The van der Waals surface area contributed by atoms with Crippen LogP contribution < -0.4 is 5.32 Å². The predicted molar refractivity (Wildman–Crippen MR) is 142 cm³/mol. The topological polar surface area (TPSA) is 46.9 Å². The monoisotopic (exact) mass is 483 g/mol. The second-order valence-electron chi connectivity index (χ2n) is 11.4. The van der Waals surface area contributed by atoms with Crippen molar-refractivity contribution >= 4 is 17.5 Å². The van der Waals surface area contributed by atoms with Crippen molar-refractivity contribution in [2.45, 2.75) is 92.0 Å². The van der Waals surface area contributed by atoms with Gasteiger partial charge in [-0.15, -0.1) is 11.6 Å². The van der Waals surface area contributed by atoms with Crippen LogP contribution in [0.4, 0.5) is 0 Å². The normalized spacial score (nSPS) is 19.1. The molecule has 34 heavy (non-hydrogen) atoms. The first-order valence-electron chi connectivity index (χ1n) is 13.3. The number of rotatable bonds is 11. The molecule has 0 saturated heterocycles. The molecule has 1 aromatic carbocycles. The second kappa shape index (κ2) is 10.8. The maximum atomic E-state index is 13.3. The van der Waals surface area contributed by atoms with Crippen LogP contribution in [0.2, 0.25) is 0 Å². The Morgan fingerprint density at radius 1 is 1.26 bits per heavy atom. The third-order valence-electron chi connectivity index (χ3n) is 8.29. The zero-order valence-electron chi connectivity index (χ0n) is 21.6. The first kappa shape index (κ1) is 25.3. The molecule has 1 amide bonds. The van der Waals surface area contributed by atoms with Crippen LogP contribution in [0.1, 0.15) is 92.9 Å². The lowest BCUT2D eigenvalue weighted by molar-refractivity contribution is 0.0590. The SMILES string of the molecule is Cc1ccc2c(c1)CCc1c(C(=O)NCC(C)CCC3CCC3(C)C)nn(CCCCCCl)c1-2. The van der Waals surface area contributed by atoms with Gasteiger partial charge in [0.1, 0.15) is 0 Å². The molecule has 0 bridgehead atoms. The minimum atomic E-state index is -0.0119. The quantitative estimate of drug-likeness (QED) is 0.277. The molecule has 2 aliphatic carbocycles. The van der Waals surface area contributed by atoms with E-state index in [9.17, 15) is 4.79 Å². The number of halogens is 1. The van der Waals surface area contributed by atoms with Crippen molar-refractivity contribution in [3.8, 4) is 11.3 Å². The minimum Gasteiger partial charge on any atom is -0.350 e. The molecule has 1 aromatic heterocycles. The van der Waals surface area contributed by atoms with Crippen molar-refractivity contribution in [1.29, 1.82) is 0 Å². The van der Waals surface area contributed by atoms with Crippen LogP contribution in [-0.4, -0.2) is 28.1 Å². The van der Waals surface area contributed by atoms with Gasteiger partial charge in [-0.1, -0.05) is 51.0 Å². The summed E-state index contributed by atoms with van der Waals surface area (Å²) in [5, 5.41) is 8.10. The molecular weight excluding hydrogens is 442 g/mol. The highest BCUT2D eigenvalue weighted by molar-refractivity contribution is 6.17. The molecule has 1 heterocycles. The molecule has 2 atom stereocenters. The summed E-state index contributed by atoms with van der Waals surface area (Å²) in [4.78, 5) is 13.3. The van der Waals surface area contributed by atoms with Crippen LogP contribution in [0.5, 0.6) is 0 Å². The van der Waals surface area contributed by atoms with Crippen LogP contribution in [0.3, 0.4) is 0 Å². The average molecular weight is 484 g/mol. The third-order valence-corrected chi connectivity index (χ3v) is 8.56. The van der Waals surface area contributed by atoms with Crippen molar-refractivity contribution < 1.29 is 4.79 Å². The minimum absolute atomic E-state index is 0.0119. The molecule has 4 rings (SSSR count). The highest BCUT2D eigenvalue weighted by Crippen LogP contribution is 2.48. The van der Waals surface area contributed by atoms with Crippen LogP contribution in [-0.2, 0) is 19.4 Å². The summed E-state index contributed by atoms with van der Waals surface area (Å²) in [7, 11) is 0. The van der Waals surface area contributed by atoms with Crippen molar-refractivity contribution in [3.63, 3.8) is 0 Å². The van der Waals surface area contributed by atoms with E-state index in [1.54, 1.807) is 0 Å². The number of carbonyl (C=O) groups excluding carboxylic acids is 1. The molecule has 1 fully saturated rings. The number of alkyl halides is 1. The molecule has 1 N–H and O–H groups in total. The van der Waals surface area contributed by atoms with Crippen LogP contribution >= 0.6 is 11.6 Å². The van der Waals surface area contributed by atoms with Gasteiger partial charge in [-0.2, -0.15) is 5.10 Å². The molecule has 4 nitrogen and oxygen atoms in total. The Hall–Kier alpha value is -1.81. The maximum Gasteiger partial charge on any atom is 0.272 e. The number of nitrogens with one attached hydrogen (secondary N) is 1. The van der Waals surface area contributed by atoms with Crippen molar-refractivity contribution in [3.05, 3.63) is 40.6 Å². The lowest BCUT2D eigenvalue weighted by Gasteiger charge is -2.45. The van der Waals surface area contributed by atoms with E-state index in [4.69, 9.17) is 16.7 Å². The Morgan fingerprint density at radius 3 is 2.79 bits per heavy atom. The lowest BCUT2D eigenvalue weighted by Crippen LogP contribution is -2.35. The molecule has 2 aliphatic rings. The van der Waals surface area contributed by atoms with Crippen LogP contribution in [0.15, 0.2) is 18.2 Å². The Labute approximate surface area is 210 Å². The van der Waals surface area contributed by atoms with Gasteiger partial charge in [-0.3, -0.25) is 9.48 Å². The molecule has 0 spiro atoms. The van der Waals surface area contributed by atoms with Crippen LogP contribution in [0.25, 0.3) is 11.3 Å².